The van der Waals surface area contributed by atoms with Crippen molar-refractivity contribution in [3.8, 4) is 0 Å². The van der Waals surface area contributed by atoms with Gasteiger partial charge in [-0.2, -0.15) is 0 Å². The molecule has 1 aromatic heterocycles. The predicted molar refractivity (Wildman–Crippen MR) is 57.5 cm³/mol. The summed E-state index contributed by atoms with van der Waals surface area (Å²) in [6, 6.07) is 3.61. The molecule has 0 saturated heterocycles. The molecule has 0 radical (unpaired) electrons. The van der Waals surface area contributed by atoms with E-state index in [2.05, 4.69) is 15.5 Å². The molecule has 0 spiro atoms. The van der Waals surface area contributed by atoms with Crippen molar-refractivity contribution in [3.05, 3.63) is 17.3 Å². The number of aromatic nitrogens is 2. The molecule has 0 atom stereocenters. The van der Waals surface area contributed by atoms with E-state index in [0.717, 1.165) is 18.3 Å². The Hall–Kier alpha value is -0.830. The summed E-state index contributed by atoms with van der Waals surface area (Å²) in [7, 11) is 0. The van der Waals surface area contributed by atoms with E-state index in [4.69, 9.17) is 11.6 Å². The zero-order valence-electron chi connectivity index (χ0n) is 8.04. The molecular formula is C10H14ClN3. The fourth-order valence-electron chi connectivity index (χ4n) is 1.60. The Kier molecular flexibility index (Phi) is 3.19. The number of rotatable bonds is 4. The van der Waals surface area contributed by atoms with E-state index < -0.39 is 0 Å². The van der Waals surface area contributed by atoms with Crippen molar-refractivity contribution in [1.29, 1.82) is 0 Å². The first-order valence-corrected chi connectivity index (χ1v) is 5.45. The molecule has 1 fully saturated rings. The zero-order valence-corrected chi connectivity index (χ0v) is 8.80. The third-order valence-corrected chi connectivity index (χ3v) is 2.92. The van der Waals surface area contributed by atoms with Gasteiger partial charge in [0.15, 0.2) is 5.15 Å². The van der Waals surface area contributed by atoms with Crippen molar-refractivity contribution >= 4 is 17.4 Å². The van der Waals surface area contributed by atoms with Crippen molar-refractivity contribution < 1.29 is 0 Å². The Morgan fingerprint density at radius 1 is 1.36 bits per heavy atom. The van der Waals surface area contributed by atoms with Crippen molar-refractivity contribution in [2.45, 2.75) is 25.7 Å². The molecule has 0 aromatic carbocycles. The maximum absolute atomic E-state index is 5.63. The summed E-state index contributed by atoms with van der Waals surface area (Å²) in [4.78, 5) is 0. The second kappa shape index (κ2) is 4.60. The highest BCUT2D eigenvalue weighted by atomic mass is 35.5. The number of nitrogens with zero attached hydrogens (tertiary/aromatic N) is 2. The number of hydrogen-bond acceptors (Lipinski definition) is 3. The highest BCUT2D eigenvalue weighted by Gasteiger charge is 2.16. The molecule has 76 valence electrons. The molecule has 1 aromatic rings. The molecule has 1 saturated carbocycles. The Morgan fingerprint density at radius 3 is 2.79 bits per heavy atom. The van der Waals surface area contributed by atoms with E-state index in [1.165, 1.54) is 25.7 Å². The average Bonchev–Trinajstić information content (AvgIpc) is 2.12. The van der Waals surface area contributed by atoms with Crippen LogP contribution in [0.1, 0.15) is 25.7 Å². The van der Waals surface area contributed by atoms with Crippen LogP contribution in [-0.4, -0.2) is 16.7 Å². The molecule has 3 nitrogen and oxygen atoms in total. The van der Waals surface area contributed by atoms with Crippen LogP contribution in [0.25, 0.3) is 0 Å². The summed E-state index contributed by atoms with van der Waals surface area (Å²) in [5.74, 6) is 1.75. The fourth-order valence-corrected chi connectivity index (χ4v) is 1.70. The first-order valence-electron chi connectivity index (χ1n) is 5.08. The fraction of sp³-hybridized carbons (Fsp3) is 0.600. The second-order valence-electron chi connectivity index (χ2n) is 3.75. The SMILES string of the molecule is Clc1ccc(NCCC2CCC2)nn1. The molecule has 0 amide bonds. The minimum atomic E-state index is 0.439. The Labute approximate surface area is 88.9 Å². The molecule has 2 rings (SSSR count). The van der Waals surface area contributed by atoms with Gasteiger partial charge in [-0.3, -0.25) is 0 Å². The molecule has 1 aliphatic carbocycles. The van der Waals surface area contributed by atoms with Gasteiger partial charge < -0.3 is 5.32 Å². The van der Waals surface area contributed by atoms with Gasteiger partial charge in [-0.25, -0.2) is 0 Å². The average molecular weight is 212 g/mol. The largest absolute Gasteiger partial charge is 0.369 e. The first-order chi connectivity index (χ1) is 6.84. The summed E-state index contributed by atoms with van der Waals surface area (Å²) >= 11 is 5.63. The lowest BCUT2D eigenvalue weighted by molar-refractivity contribution is 0.303. The standard InChI is InChI=1S/C10H14ClN3/c11-9-4-5-10(14-13-9)12-7-6-8-2-1-3-8/h4-5,8H,1-3,6-7H2,(H,12,14). The van der Waals surface area contributed by atoms with Crippen LogP contribution in [0.3, 0.4) is 0 Å². The lowest BCUT2D eigenvalue weighted by Crippen LogP contribution is -2.16. The molecule has 1 aliphatic rings. The zero-order chi connectivity index (χ0) is 9.80. The highest BCUT2D eigenvalue weighted by Crippen LogP contribution is 2.28. The molecular weight excluding hydrogens is 198 g/mol. The molecule has 1 N–H and O–H groups in total. The molecule has 0 bridgehead atoms. The monoisotopic (exact) mass is 211 g/mol. The third kappa shape index (κ3) is 2.58. The normalized spacial score (nSPS) is 16.4. The van der Waals surface area contributed by atoms with Gasteiger partial charge in [0, 0.05) is 6.54 Å². The quantitative estimate of drug-likeness (QED) is 0.832. The van der Waals surface area contributed by atoms with Crippen LogP contribution in [0.4, 0.5) is 5.82 Å². The van der Waals surface area contributed by atoms with E-state index in [0.29, 0.717) is 5.15 Å². The van der Waals surface area contributed by atoms with Crippen molar-refractivity contribution in [3.63, 3.8) is 0 Å². The topological polar surface area (TPSA) is 37.8 Å². The van der Waals surface area contributed by atoms with E-state index in [1.807, 2.05) is 6.07 Å². The van der Waals surface area contributed by atoms with Crippen LogP contribution in [0.5, 0.6) is 0 Å². The summed E-state index contributed by atoms with van der Waals surface area (Å²) in [5, 5.41) is 11.4. The van der Waals surface area contributed by atoms with Crippen LogP contribution in [-0.2, 0) is 0 Å². The maximum Gasteiger partial charge on any atom is 0.151 e. The van der Waals surface area contributed by atoms with Crippen LogP contribution in [0.2, 0.25) is 5.15 Å². The first kappa shape index (κ1) is 9.71. The Bertz CT molecular complexity index is 282. The maximum atomic E-state index is 5.63. The van der Waals surface area contributed by atoms with Crippen molar-refractivity contribution in [1.82, 2.24) is 10.2 Å². The van der Waals surface area contributed by atoms with Gasteiger partial charge in [0.1, 0.15) is 5.82 Å². The molecule has 0 aliphatic heterocycles. The van der Waals surface area contributed by atoms with Gasteiger partial charge in [0.25, 0.3) is 0 Å². The minimum absolute atomic E-state index is 0.439. The number of anilines is 1. The van der Waals surface area contributed by atoms with Crippen molar-refractivity contribution in [2.24, 2.45) is 5.92 Å². The van der Waals surface area contributed by atoms with Crippen LogP contribution >= 0.6 is 11.6 Å². The molecule has 1 heterocycles. The van der Waals surface area contributed by atoms with E-state index in [9.17, 15) is 0 Å². The number of hydrogen-bond donors (Lipinski definition) is 1. The van der Waals surface area contributed by atoms with Gasteiger partial charge in [0.05, 0.1) is 0 Å². The van der Waals surface area contributed by atoms with Crippen LogP contribution in [0.15, 0.2) is 12.1 Å². The molecule has 0 unspecified atom stereocenters. The third-order valence-electron chi connectivity index (χ3n) is 2.72. The van der Waals surface area contributed by atoms with Gasteiger partial charge in [-0.15, -0.1) is 10.2 Å². The summed E-state index contributed by atoms with van der Waals surface area (Å²) < 4.78 is 0. The van der Waals surface area contributed by atoms with E-state index in [1.54, 1.807) is 6.07 Å². The summed E-state index contributed by atoms with van der Waals surface area (Å²) in [6.45, 7) is 0.987. The van der Waals surface area contributed by atoms with Crippen molar-refractivity contribution in [2.75, 3.05) is 11.9 Å². The summed E-state index contributed by atoms with van der Waals surface area (Å²) in [5.41, 5.74) is 0. The van der Waals surface area contributed by atoms with Gasteiger partial charge in [0.2, 0.25) is 0 Å². The van der Waals surface area contributed by atoms with Gasteiger partial charge >= 0.3 is 0 Å². The molecule has 4 heteroatoms. The van der Waals surface area contributed by atoms with E-state index in [-0.39, 0.29) is 0 Å². The lowest BCUT2D eigenvalue weighted by Gasteiger charge is -2.25. The Balaban J connectivity index is 1.71. The van der Waals surface area contributed by atoms with Crippen LogP contribution < -0.4 is 5.32 Å². The van der Waals surface area contributed by atoms with E-state index >= 15 is 0 Å². The van der Waals surface area contributed by atoms with Crippen LogP contribution in [0, 0.1) is 5.92 Å². The minimum Gasteiger partial charge on any atom is -0.369 e. The smallest absolute Gasteiger partial charge is 0.151 e. The lowest BCUT2D eigenvalue weighted by atomic mass is 9.83. The number of halogens is 1. The predicted octanol–water partition coefficient (Wildman–Crippen LogP) is 2.73. The Morgan fingerprint density at radius 2 is 2.21 bits per heavy atom. The molecule has 14 heavy (non-hydrogen) atoms. The number of nitrogens with one attached hydrogen (secondary N) is 1. The second-order valence-corrected chi connectivity index (χ2v) is 4.14. The van der Waals surface area contributed by atoms with Gasteiger partial charge in [-0.1, -0.05) is 30.9 Å². The van der Waals surface area contributed by atoms with Gasteiger partial charge in [-0.05, 0) is 24.5 Å². The highest BCUT2D eigenvalue weighted by molar-refractivity contribution is 6.29. The summed E-state index contributed by atoms with van der Waals surface area (Å²) in [6.07, 6.45) is 5.44.